The van der Waals surface area contributed by atoms with Crippen molar-refractivity contribution in [2.24, 2.45) is 40.9 Å². The van der Waals surface area contributed by atoms with E-state index < -0.39 is 21.0 Å². The molecular weight excluding hydrogens is 426 g/mol. The predicted molar refractivity (Wildman–Crippen MR) is 123 cm³/mol. The topological polar surface area (TPSA) is 34.1 Å². The smallest absolute Gasteiger partial charge is 0.217 e. The fourth-order valence-corrected chi connectivity index (χ4v) is 9.94. The van der Waals surface area contributed by atoms with Crippen molar-refractivity contribution in [3.63, 3.8) is 0 Å². The maximum Gasteiger partial charge on any atom is 0.352 e. The fourth-order valence-electron chi connectivity index (χ4n) is 8.46. The molecule has 4 aliphatic rings. The normalized spacial score (nSPS) is 41.1. The van der Waals surface area contributed by atoms with E-state index >= 15 is 8.78 Å². The van der Waals surface area contributed by atoms with Crippen molar-refractivity contribution < 1.29 is 17.2 Å². The van der Waals surface area contributed by atoms with Crippen LogP contribution >= 0.6 is 0 Å². The summed E-state index contributed by atoms with van der Waals surface area (Å²) in [6.07, 6.45) is 10.8. The summed E-state index contributed by atoms with van der Waals surface area (Å²) < 4.78 is 56.4. The molecule has 4 fully saturated rings. The predicted octanol–water partition coefficient (Wildman–Crippen LogP) is 7.27. The minimum absolute atomic E-state index is 0.249. The lowest BCUT2D eigenvalue weighted by Crippen LogP contribution is -2.49. The fraction of sp³-hybridized carbons (Fsp3) is 0.704. The van der Waals surface area contributed by atoms with Crippen molar-refractivity contribution in [3.8, 4) is 0 Å². The summed E-state index contributed by atoms with van der Waals surface area (Å²) in [5.41, 5.74) is 1.98. The van der Waals surface area contributed by atoms with Crippen LogP contribution in [0.2, 0.25) is 0 Å². The molecule has 0 aromatic heterocycles. The quantitative estimate of drug-likeness (QED) is 0.443. The Morgan fingerprint density at radius 2 is 1.69 bits per heavy atom. The summed E-state index contributed by atoms with van der Waals surface area (Å²) in [6.45, 7) is 4.64. The van der Waals surface area contributed by atoms with Crippen molar-refractivity contribution in [2.45, 2.75) is 81.8 Å². The maximum atomic E-state index is 15.4. The Labute approximate surface area is 191 Å². The van der Waals surface area contributed by atoms with Crippen molar-refractivity contribution >= 4 is 9.84 Å². The van der Waals surface area contributed by atoms with Gasteiger partial charge in [-0.25, -0.2) is 8.42 Å². The van der Waals surface area contributed by atoms with Crippen molar-refractivity contribution in [1.29, 1.82) is 0 Å². The summed E-state index contributed by atoms with van der Waals surface area (Å²) in [4.78, 5) is -0.261. The van der Waals surface area contributed by atoms with Gasteiger partial charge in [-0.3, -0.25) is 0 Å². The molecule has 1 aromatic rings. The van der Waals surface area contributed by atoms with Crippen LogP contribution in [0.5, 0.6) is 0 Å². The zero-order valence-corrected chi connectivity index (χ0v) is 20.1. The summed E-state index contributed by atoms with van der Waals surface area (Å²) in [7, 11) is -4.67. The largest absolute Gasteiger partial charge is 0.352 e. The van der Waals surface area contributed by atoms with Gasteiger partial charge < -0.3 is 0 Å². The van der Waals surface area contributed by atoms with Gasteiger partial charge in [0.2, 0.25) is 9.84 Å². The highest BCUT2D eigenvalue weighted by molar-refractivity contribution is 7.92. The molecule has 0 aliphatic heterocycles. The second-order valence-corrected chi connectivity index (χ2v) is 13.2. The molecule has 176 valence electrons. The lowest BCUT2D eigenvalue weighted by molar-refractivity contribution is -0.0759. The van der Waals surface area contributed by atoms with Crippen LogP contribution in [0.4, 0.5) is 8.78 Å². The second-order valence-electron chi connectivity index (χ2n) is 11.1. The van der Waals surface area contributed by atoms with E-state index in [1.807, 2.05) is 0 Å². The van der Waals surface area contributed by atoms with Crippen LogP contribution in [0.25, 0.3) is 0 Å². The Morgan fingerprint density at radius 1 is 0.969 bits per heavy atom. The standard InChI is InChI=1S/C27H36F2O2S/c1-3-19-11-14-25-24-12-9-18-17-20(10-13-22(18)23(24)15-16-26(19,25)2)27(28,29)32(30,31)21-7-5-4-6-8-21/h3-8,18,20,22-25H,9-17H2,1-2H3/b19-3+/t18?,20?,22-,23?,24?,25?,26?/m0/s1. The molecule has 4 saturated carbocycles. The lowest BCUT2D eigenvalue weighted by atomic mass is 9.50. The number of benzene rings is 1. The van der Waals surface area contributed by atoms with Crippen molar-refractivity contribution in [3.05, 3.63) is 42.0 Å². The molecule has 0 N–H and O–H groups in total. The van der Waals surface area contributed by atoms with Crippen LogP contribution < -0.4 is 0 Å². The zero-order valence-electron chi connectivity index (χ0n) is 19.3. The van der Waals surface area contributed by atoms with Gasteiger partial charge in [0.15, 0.2) is 0 Å². The van der Waals surface area contributed by atoms with Gasteiger partial charge in [0.05, 0.1) is 4.90 Å². The van der Waals surface area contributed by atoms with Crippen molar-refractivity contribution in [2.75, 3.05) is 0 Å². The molecule has 4 aliphatic carbocycles. The number of sulfone groups is 1. The number of alkyl halides is 2. The van der Waals surface area contributed by atoms with E-state index in [1.165, 1.54) is 49.9 Å². The minimum atomic E-state index is -4.67. The third kappa shape index (κ3) is 3.24. The van der Waals surface area contributed by atoms with E-state index in [0.717, 1.165) is 31.1 Å². The first-order valence-electron chi connectivity index (χ1n) is 12.5. The number of hydrogen-bond donors (Lipinski definition) is 0. The van der Waals surface area contributed by atoms with E-state index in [-0.39, 0.29) is 10.8 Å². The molecule has 1 aromatic carbocycles. The van der Waals surface area contributed by atoms with Gasteiger partial charge in [-0.05, 0) is 112 Å². The first-order chi connectivity index (χ1) is 15.2. The molecule has 2 nitrogen and oxygen atoms in total. The molecular formula is C27H36F2O2S. The number of allylic oxidation sites excluding steroid dienone is 2. The van der Waals surface area contributed by atoms with Crippen LogP contribution in [-0.2, 0) is 9.84 Å². The molecule has 0 radical (unpaired) electrons. The summed E-state index contributed by atoms with van der Waals surface area (Å²) in [6, 6.07) is 7.26. The summed E-state index contributed by atoms with van der Waals surface area (Å²) >= 11 is 0. The number of rotatable bonds is 3. The molecule has 0 saturated heterocycles. The third-order valence-corrected chi connectivity index (χ3v) is 12.0. The van der Waals surface area contributed by atoms with E-state index in [0.29, 0.717) is 30.1 Å². The highest BCUT2D eigenvalue weighted by Gasteiger charge is 2.59. The second kappa shape index (κ2) is 7.92. The monoisotopic (exact) mass is 462 g/mol. The summed E-state index contributed by atoms with van der Waals surface area (Å²) in [5.74, 6) is 1.78. The van der Waals surface area contributed by atoms with E-state index in [9.17, 15) is 8.42 Å². The molecule has 0 bridgehead atoms. The minimum Gasteiger partial charge on any atom is -0.217 e. The SMILES string of the molecule is C/C=C1\CCC2C3CCC4CC(C(F)(F)S(=O)(=O)c5ccccc5)CC[C@@H]4C3CCC12C. The van der Waals surface area contributed by atoms with Crippen LogP contribution in [0.1, 0.15) is 71.6 Å². The number of hydrogen-bond acceptors (Lipinski definition) is 2. The number of fused-ring (bicyclic) bond motifs is 5. The van der Waals surface area contributed by atoms with Gasteiger partial charge in [0.25, 0.3) is 0 Å². The van der Waals surface area contributed by atoms with Crippen LogP contribution in [0.3, 0.4) is 0 Å². The molecule has 5 rings (SSSR count). The Bertz CT molecular complexity index is 986. The van der Waals surface area contributed by atoms with Crippen LogP contribution in [0, 0.1) is 40.9 Å². The Balaban J connectivity index is 1.33. The highest BCUT2D eigenvalue weighted by atomic mass is 32.2. The molecule has 32 heavy (non-hydrogen) atoms. The van der Waals surface area contributed by atoms with E-state index in [1.54, 1.807) is 11.6 Å². The number of halogens is 2. The van der Waals surface area contributed by atoms with Gasteiger partial charge in [0.1, 0.15) is 0 Å². The Kier molecular flexibility index (Phi) is 5.58. The van der Waals surface area contributed by atoms with E-state index in [4.69, 9.17) is 0 Å². The van der Waals surface area contributed by atoms with Gasteiger partial charge >= 0.3 is 5.25 Å². The molecule has 0 heterocycles. The van der Waals surface area contributed by atoms with Gasteiger partial charge in [0, 0.05) is 5.92 Å². The van der Waals surface area contributed by atoms with E-state index in [2.05, 4.69) is 19.9 Å². The average Bonchev–Trinajstić information content (AvgIpc) is 3.15. The van der Waals surface area contributed by atoms with Gasteiger partial charge in [-0.1, -0.05) is 36.8 Å². The third-order valence-electron chi connectivity index (χ3n) is 10.0. The lowest BCUT2D eigenvalue weighted by Gasteiger charge is -2.56. The van der Waals surface area contributed by atoms with Gasteiger partial charge in [-0.2, -0.15) is 8.78 Å². The first kappa shape index (κ1) is 22.6. The highest BCUT2D eigenvalue weighted by Crippen LogP contribution is 2.64. The summed E-state index contributed by atoms with van der Waals surface area (Å²) in [5, 5.41) is -3.70. The van der Waals surface area contributed by atoms with Crippen LogP contribution in [-0.4, -0.2) is 13.7 Å². The van der Waals surface area contributed by atoms with Crippen LogP contribution in [0.15, 0.2) is 46.9 Å². The zero-order chi connectivity index (χ0) is 22.7. The molecule has 5 heteroatoms. The average molecular weight is 463 g/mol. The molecule has 7 atom stereocenters. The molecule has 6 unspecified atom stereocenters. The molecule has 0 amide bonds. The first-order valence-corrected chi connectivity index (χ1v) is 14.0. The van der Waals surface area contributed by atoms with Crippen molar-refractivity contribution in [1.82, 2.24) is 0 Å². The maximum absolute atomic E-state index is 15.4. The molecule has 0 spiro atoms. The van der Waals surface area contributed by atoms with Gasteiger partial charge in [-0.15, -0.1) is 0 Å². The Morgan fingerprint density at radius 3 is 2.41 bits per heavy atom. The Hall–Kier alpha value is -1.23.